The Bertz CT molecular complexity index is 246. The molecule has 0 saturated carbocycles. The summed E-state index contributed by atoms with van der Waals surface area (Å²) in [5.41, 5.74) is 7.15. The number of benzene rings is 1. The molecular formula is C8H12N2. The summed E-state index contributed by atoms with van der Waals surface area (Å²) in [7, 11) is 0. The van der Waals surface area contributed by atoms with Gasteiger partial charge in [0, 0.05) is 7.64 Å². The zero-order valence-corrected chi connectivity index (χ0v) is 5.91. The van der Waals surface area contributed by atoms with Crippen LogP contribution in [0.25, 0.3) is 0 Å². The summed E-state index contributed by atoms with van der Waals surface area (Å²) in [6, 6.07) is 7.53. The first-order valence-electron chi connectivity index (χ1n) is 3.18. The average molecular weight is 136 g/mol. The van der Waals surface area contributed by atoms with Crippen LogP contribution in [0.15, 0.2) is 29.3 Å². The molecule has 0 spiro atoms. The SMILES string of the molecule is CC=Nc1ccccc1N.[HH]. The lowest BCUT2D eigenvalue weighted by Crippen LogP contribution is -1.83. The molecule has 0 bridgehead atoms. The third-order valence-electron chi connectivity index (χ3n) is 1.20. The molecule has 0 amide bonds. The smallest absolute Gasteiger partial charge is 0.0854 e. The van der Waals surface area contributed by atoms with E-state index in [1.807, 2.05) is 31.2 Å². The zero-order chi connectivity index (χ0) is 7.40. The highest BCUT2D eigenvalue weighted by atomic mass is 14.8. The molecule has 2 N–H and O–H groups in total. The molecule has 0 aliphatic rings. The number of aliphatic imine (C=N–C) groups is 1. The lowest BCUT2D eigenvalue weighted by molar-refractivity contribution is 1.52. The number of nitrogens with zero attached hydrogens (tertiary/aromatic N) is 1. The van der Waals surface area contributed by atoms with Gasteiger partial charge >= 0.3 is 0 Å². The van der Waals surface area contributed by atoms with Crippen LogP contribution in [-0.4, -0.2) is 6.21 Å². The second-order valence-corrected chi connectivity index (χ2v) is 1.95. The molecule has 1 aromatic rings. The maximum absolute atomic E-state index is 5.59. The van der Waals surface area contributed by atoms with Crippen LogP contribution in [-0.2, 0) is 0 Å². The second-order valence-electron chi connectivity index (χ2n) is 1.95. The minimum absolute atomic E-state index is 0. The van der Waals surface area contributed by atoms with E-state index in [4.69, 9.17) is 5.73 Å². The first kappa shape index (κ1) is 6.81. The average Bonchev–Trinajstić information content (AvgIpc) is 1.94. The Labute approximate surface area is 61.9 Å². The van der Waals surface area contributed by atoms with E-state index in [0.717, 1.165) is 11.4 Å². The number of hydrogen-bond donors (Lipinski definition) is 1. The van der Waals surface area contributed by atoms with Gasteiger partial charge < -0.3 is 5.73 Å². The van der Waals surface area contributed by atoms with E-state index in [-0.39, 0.29) is 1.43 Å². The standard InChI is InChI=1S/C8H10N2.H2/c1-2-10-8-6-4-3-5-7(8)9;/h2-6H,9H2,1H3;1H. The predicted molar refractivity (Wildman–Crippen MR) is 46.8 cm³/mol. The molecule has 0 aromatic heterocycles. The van der Waals surface area contributed by atoms with E-state index >= 15 is 0 Å². The van der Waals surface area contributed by atoms with Crippen LogP contribution < -0.4 is 5.73 Å². The Hall–Kier alpha value is -1.31. The molecule has 0 atom stereocenters. The van der Waals surface area contributed by atoms with E-state index in [9.17, 15) is 0 Å². The number of rotatable bonds is 1. The molecule has 2 nitrogen and oxygen atoms in total. The van der Waals surface area contributed by atoms with Crippen molar-refractivity contribution in [3.8, 4) is 0 Å². The van der Waals surface area contributed by atoms with Gasteiger partial charge in [0.2, 0.25) is 0 Å². The Balaban J connectivity index is 0.000001000. The predicted octanol–water partition coefficient (Wildman–Crippen LogP) is 2.24. The maximum Gasteiger partial charge on any atom is 0.0854 e. The van der Waals surface area contributed by atoms with Crippen molar-refractivity contribution in [2.75, 3.05) is 5.73 Å². The number of anilines is 1. The van der Waals surface area contributed by atoms with Crippen molar-refractivity contribution >= 4 is 17.6 Å². The zero-order valence-electron chi connectivity index (χ0n) is 5.91. The Morgan fingerprint density at radius 1 is 1.50 bits per heavy atom. The highest BCUT2D eigenvalue weighted by Crippen LogP contribution is 2.19. The molecule has 54 valence electrons. The summed E-state index contributed by atoms with van der Waals surface area (Å²) >= 11 is 0. The molecule has 0 unspecified atom stereocenters. The summed E-state index contributed by atoms with van der Waals surface area (Å²) < 4.78 is 0. The highest BCUT2D eigenvalue weighted by Gasteiger charge is 1.89. The topological polar surface area (TPSA) is 38.4 Å². The second kappa shape index (κ2) is 3.01. The Morgan fingerprint density at radius 3 is 2.80 bits per heavy atom. The molecule has 1 rings (SSSR count). The molecule has 0 saturated heterocycles. The minimum Gasteiger partial charge on any atom is -0.397 e. The molecule has 0 fully saturated rings. The van der Waals surface area contributed by atoms with Gasteiger partial charge in [-0.25, -0.2) is 0 Å². The van der Waals surface area contributed by atoms with Crippen molar-refractivity contribution in [2.45, 2.75) is 6.92 Å². The number of nitrogens with two attached hydrogens (primary N) is 1. The van der Waals surface area contributed by atoms with Gasteiger partial charge in [0.1, 0.15) is 0 Å². The Morgan fingerprint density at radius 2 is 2.20 bits per heavy atom. The largest absolute Gasteiger partial charge is 0.397 e. The van der Waals surface area contributed by atoms with Crippen molar-refractivity contribution in [1.82, 2.24) is 0 Å². The van der Waals surface area contributed by atoms with Crippen molar-refractivity contribution < 1.29 is 1.43 Å². The minimum atomic E-state index is 0. The lowest BCUT2D eigenvalue weighted by Gasteiger charge is -1.95. The lowest BCUT2D eigenvalue weighted by atomic mass is 10.3. The monoisotopic (exact) mass is 136 g/mol. The summed E-state index contributed by atoms with van der Waals surface area (Å²) in [5, 5.41) is 0. The summed E-state index contributed by atoms with van der Waals surface area (Å²) in [5.74, 6) is 0. The molecule has 0 radical (unpaired) electrons. The summed E-state index contributed by atoms with van der Waals surface area (Å²) in [6.45, 7) is 1.87. The van der Waals surface area contributed by atoms with E-state index in [2.05, 4.69) is 4.99 Å². The number of para-hydroxylation sites is 2. The third kappa shape index (κ3) is 1.35. The van der Waals surface area contributed by atoms with Gasteiger partial charge in [0.25, 0.3) is 0 Å². The van der Waals surface area contributed by atoms with Crippen LogP contribution in [0.2, 0.25) is 0 Å². The van der Waals surface area contributed by atoms with Crippen molar-refractivity contribution in [3.63, 3.8) is 0 Å². The van der Waals surface area contributed by atoms with Crippen LogP contribution >= 0.6 is 0 Å². The van der Waals surface area contributed by atoms with Gasteiger partial charge in [-0.1, -0.05) is 12.1 Å². The van der Waals surface area contributed by atoms with Crippen LogP contribution in [0.3, 0.4) is 0 Å². The number of hydrogen-bond acceptors (Lipinski definition) is 2. The molecule has 1 aromatic carbocycles. The van der Waals surface area contributed by atoms with E-state index in [1.165, 1.54) is 0 Å². The molecule has 10 heavy (non-hydrogen) atoms. The molecule has 0 aliphatic carbocycles. The van der Waals surface area contributed by atoms with Gasteiger partial charge in [0.15, 0.2) is 0 Å². The molecule has 2 heteroatoms. The first-order chi connectivity index (χ1) is 4.84. The fraction of sp³-hybridized carbons (Fsp3) is 0.125. The van der Waals surface area contributed by atoms with E-state index in [0.29, 0.717) is 0 Å². The van der Waals surface area contributed by atoms with E-state index in [1.54, 1.807) is 6.21 Å². The van der Waals surface area contributed by atoms with Crippen LogP contribution in [0.1, 0.15) is 8.35 Å². The fourth-order valence-corrected chi connectivity index (χ4v) is 0.744. The number of nitrogen functional groups attached to an aromatic ring is 1. The maximum atomic E-state index is 5.59. The van der Waals surface area contributed by atoms with Crippen molar-refractivity contribution in [2.24, 2.45) is 4.99 Å². The summed E-state index contributed by atoms with van der Waals surface area (Å²) in [4.78, 5) is 4.06. The van der Waals surface area contributed by atoms with E-state index < -0.39 is 0 Å². The van der Waals surface area contributed by atoms with Gasteiger partial charge in [-0.2, -0.15) is 0 Å². The summed E-state index contributed by atoms with van der Waals surface area (Å²) in [6.07, 6.45) is 1.73. The van der Waals surface area contributed by atoms with Crippen LogP contribution in [0.4, 0.5) is 11.4 Å². The van der Waals surface area contributed by atoms with Gasteiger partial charge in [-0.15, -0.1) is 0 Å². The first-order valence-corrected chi connectivity index (χ1v) is 3.18. The fourth-order valence-electron chi connectivity index (χ4n) is 0.744. The third-order valence-corrected chi connectivity index (χ3v) is 1.20. The Kier molecular flexibility index (Phi) is 2.05. The normalized spacial score (nSPS) is 10.5. The van der Waals surface area contributed by atoms with Crippen LogP contribution in [0, 0.1) is 0 Å². The van der Waals surface area contributed by atoms with Crippen molar-refractivity contribution in [1.29, 1.82) is 0 Å². The van der Waals surface area contributed by atoms with Crippen LogP contribution in [0.5, 0.6) is 0 Å². The highest BCUT2D eigenvalue weighted by molar-refractivity contribution is 5.69. The van der Waals surface area contributed by atoms with Gasteiger partial charge in [-0.3, -0.25) is 4.99 Å². The van der Waals surface area contributed by atoms with Gasteiger partial charge in [0.05, 0.1) is 11.4 Å². The molecule has 0 aliphatic heterocycles. The quantitative estimate of drug-likeness (QED) is 0.466. The van der Waals surface area contributed by atoms with Gasteiger partial charge in [-0.05, 0) is 19.1 Å². The van der Waals surface area contributed by atoms with Crippen molar-refractivity contribution in [3.05, 3.63) is 24.3 Å². The molecular weight excluding hydrogens is 124 g/mol. The molecule has 0 heterocycles.